The highest BCUT2D eigenvalue weighted by Crippen LogP contribution is 2.19. The third kappa shape index (κ3) is 4.34. The molecule has 0 saturated carbocycles. The zero-order valence-corrected chi connectivity index (χ0v) is 10.9. The van der Waals surface area contributed by atoms with Gasteiger partial charge in [-0.15, -0.1) is 0 Å². The Kier molecular flexibility index (Phi) is 4.82. The molecule has 94 valence electrons. The lowest BCUT2D eigenvalue weighted by Gasteiger charge is -2.14. The molecular formula is C13H20N2O2. The topological polar surface area (TPSA) is 32.8 Å². The van der Waals surface area contributed by atoms with Crippen LogP contribution >= 0.6 is 0 Å². The van der Waals surface area contributed by atoms with Crippen LogP contribution in [0.3, 0.4) is 0 Å². The highest BCUT2D eigenvalue weighted by molar-refractivity contribution is 5.75. The van der Waals surface area contributed by atoms with Gasteiger partial charge in [-0.1, -0.05) is 6.07 Å². The second kappa shape index (κ2) is 6.13. The third-order valence-corrected chi connectivity index (χ3v) is 2.42. The zero-order valence-electron chi connectivity index (χ0n) is 10.9. The number of carbonyl (C=O) groups is 1. The molecule has 0 saturated heterocycles. The molecule has 0 aliphatic rings. The predicted molar refractivity (Wildman–Crippen MR) is 69.6 cm³/mol. The first-order valence-corrected chi connectivity index (χ1v) is 5.61. The van der Waals surface area contributed by atoms with Crippen LogP contribution in [0.25, 0.3) is 0 Å². The van der Waals surface area contributed by atoms with E-state index in [9.17, 15) is 4.79 Å². The van der Waals surface area contributed by atoms with Crippen molar-refractivity contribution in [2.75, 3.05) is 39.7 Å². The fraction of sp³-hybridized carbons (Fsp3) is 0.462. The van der Waals surface area contributed by atoms with Gasteiger partial charge in [0.1, 0.15) is 5.75 Å². The van der Waals surface area contributed by atoms with Crippen molar-refractivity contribution in [1.82, 2.24) is 4.90 Å². The van der Waals surface area contributed by atoms with Crippen molar-refractivity contribution in [3.05, 3.63) is 24.3 Å². The molecule has 1 aromatic rings. The molecule has 0 aliphatic carbocycles. The Bertz CT molecular complexity index is 375. The first-order valence-electron chi connectivity index (χ1n) is 5.61. The first kappa shape index (κ1) is 13.4. The highest BCUT2D eigenvalue weighted by atomic mass is 16.5. The van der Waals surface area contributed by atoms with E-state index in [0.29, 0.717) is 13.0 Å². The molecule has 0 atom stereocenters. The Hall–Kier alpha value is -1.71. The van der Waals surface area contributed by atoms with E-state index in [2.05, 4.69) is 0 Å². The standard InChI is InChI=1S/C13H20N2O2/c1-14(2)11-6-5-7-12(10-11)17-9-8-13(16)15(3)4/h5-7,10H,8-9H2,1-4H3. The van der Waals surface area contributed by atoms with Crippen molar-refractivity contribution in [2.45, 2.75) is 6.42 Å². The van der Waals surface area contributed by atoms with Crippen LogP contribution in [0, 0.1) is 0 Å². The fourth-order valence-electron chi connectivity index (χ4n) is 1.33. The average molecular weight is 236 g/mol. The van der Waals surface area contributed by atoms with E-state index in [-0.39, 0.29) is 5.91 Å². The molecule has 0 bridgehead atoms. The van der Waals surface area contributed by atoms with Crippen LogP contribution in [0.15, 0.2) is 24.3 Å². The first-order chi connectivity index (χ1) is 8.00. The summed E-state index contributed by atoms with van der Waals surface area (Å²) in [5.41, 5.74) is 1.08. The van der Waals surface area contributed by atoms with Gasteiger partial charge in [-0.25, -0.2) is 0 Å². The lowest BCUT2D eigenvalue weighted by molar-refractivity contribution is -0.129. The van der Waals surface area contributed by atoms with Crippen LogP contribution in [-0.4, -0.2) is 45.6 Å². The molecule has 0 aliphatic heterocycles. The summed E-state index contributed by atoms with van der Waals surface area (Å²) in [7, 11) is 7.45. The van der Waals surface area contributed by atoms with E-state index in [4.69, 9.17) is 4.74 Å². The summed E-state index contributed by atoms with van der Waals surface area (Å²) in [4.78, 5) is 14.9. The molecule has 0 N–H and O–H groups in total. The highest BCUT2D eigenvalue weighted by Gasteiger charge is 2.04. The SMILES string of the molecule is CN(C)C(=O)CCOc1cccc(N(C)C)c1. The van der Waals surface area contributed by atoms with Crippen LogP contribution in [0.1, 0.15) is 6.42 Å². The summed E-state index contributed by atoms with van der Waals surface area (Å²) in [5, 5.41) is 0. The maximum absolute atomic E-state index is 11.3. The summed E-state index contributed by atoms with van der Waals surface area (Å²) >= 11 is 0. The Labute approximate surface area is 103 Å². The van der Waals surface area contributed by atoms with Crippen molar-refractivity contribution in [3.63, 3.8) is 0 Å². The van der Waals surface area contributed by atoms with E-state index in [1.807, 2.05) is 43.3 Å². The smallest absolute Gasteiger partial charge is 0.225 e. The second-order valence-electron chi connectivity index (χ2n) is 4.28. The summed E-state index contributed by atoms with van der Waals surface area (Å²) in [6.07, 6.45) is 0.402. The fourth-order valence-corrected chi connectivity index (χ4v) is 1.33. The van der Waals surface area contributed by atoms with Gasteiger partial charge in [0.25, 0.3) is 0 Å². The Morgan fingerprint density at radius 2 is 1.94 bits per heavy atom. The number of nitrogens with zero attached hydrogens (tertiary/aromatic N) is 2. The van der Waals surface area contributed by atoms with E-state index in [1.165, 1.54) is 0 Å². The largest absolute Gasteiger partial charge is 0.493 e. The van der Waals surface area contributed by atoms with E-state index in [1.54, 1.807) is 19.0 Å². The van der Waals surface area contributed by atoms with Crippen molar-refractivity contribution in [1.29, 1.82) is 0 Å². The van der Waals surface area contributed by atoms with Crippen LogP contribution < -0.4 is 9.64 Å². The molecule has 0 unspecified atom stereocenters. The van der Waals surface area contributed by atoms with Crippen molar-refractivity contribution in [3.8, 4) is 5.75 Å². The maximum atomic E-state index is 11.3. The summed E-state index contributed by atoms with van der Waals surface area (Å²) in [5.74, 6) is 0.872. The average Bonchev–Trinajstić information content (AvgIpc) is 2.29. The van der Waals surface area contributed by atoms with Crippen LogP contribution in [0.5, 0.6) is 5.75 Å². The van der Waals surface area contributed by atoms with Gasteiger partial charge in [-0.05, 0) is 12.1 Å². The molecule has 0 fully saturated rings. The number of rotatable bonds is 5. The maximum Gasteiger partial charge on any atom is 0.225 e. The summed E-state index contributed by atoms with van der Waals surface area (Å²) < 4.78 is 5.54. The van der Waals surface area contributed by atoms with E-state index >= 15 is 0 Å². The minimum absolute atomic E-state index is 0.0776. The van der Waals surface area contributed by atoms with Crippen molar-refractivity contribution < 1.29 is 9.53 Å². The Morgan fingerprint density at radius 3 is 2.53 bits per heavy atom. The van der Waals surface area contributed by atoms with E-state index < -0.39 is 0 Å². The number of hydrogen-bond donors (Lipinski definition) is 0. The molecule has 4 heteroatoms. The Balaban J connectivity index is 2.47. The minimum atomic E-state index is 0.0776. The number of amides is 1. The molecule has 17 heavy (non-hydrogen) atoms. The van der Waals surface area contributed by atoms with Crippen molar-refractivity contribution in [2.24, 2.45) is 0 Å². The van der Waals surface area contributed by atoms with Gasteiger partial charge in [0.05, 0.1) is 13.0 Å². The van der Waals surface area contributed by atoms with Gasteiger partial charge in [-0.3, -0.25) is 4.79 Å². The van der Waals surface area contributed by atoms with Gasteiger partial charge >= 0.3 is 0 Å². The zero-order chi connectivity index (χ0) is 12.8. The monoisotopic (exact) mass is 236 g/mol. The van der Waals surface area contributed by atoms with Crippen molar-refractivity contribution >= 4 is 11.6 Å². The Morgan fingerprint density at radius 1 is 1.24 bits per heavy atom. The quantitative estimate of drug-likeness (QED) is 0.778. The van der Waals surface area contributed by atoms with Gasteiger partial charge < -0.3 is 14.5 Å². The molecule has 0 heterocycles. The van der Waals surface area contributed by atoms with Gasteiger partial charge in [0.15, 0.2) is 0 Å². The number of ether oxygens (including phenoxy) is 1. The lowest BCUT2D eigenvalue weighted by Crippen LogP contribution is -2.23. The third-order valence-electron chi connectivity index (χ3n) is 2.42. The molecule has 0 spiro atoms. The van der Waals surface area contributed by atoms with Gasteiger partial charge in [0, 0.05) is 39.9 Å². The molecule has 1 aromatic carbocycles. The number of carbonyl (C=O) groups excluding carboxylic acids is 1. The molecule has 0 aromatic heterocycles. The predicted octanol–water partition coefficient (Wildman–Crippen LogP) is 1.61. The normalized spacial score (nSPS) is 9.88. The molecule has 4 nitrogen and oxygen atoms in total. The second-order valence-corrected chi connectivity index (χ2v) is 4.28. The molecule has 1 rings (SSSR count). The van der Waals surface area contributed by atoms with Crippen LogP contribution in [0.2, 0.25) is 0 Å². The summed E-state index contributed by atoms with van der Waals surface area (Å²) in [6, 6.07) is 7.81. The number of anilines is 1. The number of benzene rings is 1. The summed E-state index contributed by atoms with van der Waals surface area (Å²) in [6.45, 7) is 0.411. The molecular weight excluding hydrogens is 216 g/mol. The molecule has 0 radical (unpaired) electrons. The molecule has 1 amide bonds. The van der Waals surface area contributed by atoms with Gasteiger partial charge in [-0.2, -0.15) is 0 Å². The van der Waals surface area contributed by atoms with Crippen LogP contribution in [-0.2, 0) is 4.79 Å². The minimum Gasteiger partial charge on any atom is -0.493 e. The van der Waals surface area contributed by atoms with Gasteiger partial charge in [0.2, 0.25) is 5.91 Å². The van der Waals surface area contributed by atoms with E-state index in [0.717, 1.165) is 11.4 Å². The number of hydrogen-bond acceptors (Lipinski definition) is 3. The lowest BCUT2D eigenvalue weighted by atomic mass is 10.3. The van der Waals surface area contributed by atoms with Crippen LogP contribution in [0.4, 0.5) is 5.69 Å².